The first-order valence-corrected chi connectivity index (χ1v) is 8.25. The van der Waals surface area contributed by atoms with E-state index in [-0.39, 0.29) is 6.10 Å². The van der Waals surface area contributed by atoms with E-state index in [0.29, 0.717) is 18.3 Å². The average Bonchev–Trinajstić information content (AvgIpc) is 3.05. The van der Waals surface area contributed by atoms with Gasteiger partial charge in [0.1, 0.15) is 6.10 Å². The number of halogens is 1. The molecule has 1 fully saturated rings. The molecule has 0 spiro atoms. The molecule has 24 heavy (non-hydrogen) atoms. The van der Waals surface area contributed by atoms with Crippen molar-refractivity contribution in [2.45, 2.75) is 19.6 Å². The normalized spacial score (nSPS) is 19.0. The predicted molar refractivity (Wildman–Crippen MR) is 89.8 cm³/mol. The van der Waals surface area contributed by atoms with Crippen molar-refractivity contribution in [2.75, 3.05) is 19.7 Å². The standard InChI is InChI=1S/C17H17ClN4O2/c1-11-20-17(21-24-11)15-10-22(7-8-23-15)9-12-4-5-14(18)13-3-2-6-19-16(12)13/h2-6,15H,7-10H2,1H3/t15-/m0/s1. The van der Waals surface area contributed by atoms with Gasteiger partial charge in [0.25, 0.3) is 0 Å². The molecule has 1 aliphatic rings. The van der Waals surface area contributed by atoms with Crippen molar-refractivity contribution >= 4 is 22.5 Å². The number of fused-ring (bicyclic) bond motifs is 1. The third-order valence-electron chi connectivity index (χ3n) is 4.18. The molecule has 3 heterocycles. The Morgan fingerprint density at radius 1 is 1.33 bits per heavy atom. The molecule has 6 nitrogen and oxygen atoms in total. The SMILES string of the molecule is Cc1nc([C@@H]2CN(Cc3ccc(Cl)c4cccnc34)CCO2)no1. The molecular weight excluding hydrogens is 328 g/mol. The number of benzene rings is 1. The van der Waals surface area contributed by atoms with Crippen LogP contribution >= 0.6 is 11.6 Å². The first-order chi connectivity index (χ1) is 11.7. The van der Waals surface area contributed by atoms with Crippen molar-refractivity contribution in [1.82, 2.24) is 20.0 Å². The van der Waals surface area contributed by atoms with E-state index in [9.17, 15) is 0 Å². The van der Waals surface area contributed by atoms with Crippen molar-refractivity contribution in [3.8, 4) is 0 Å². The highest BCUT2D eigenvalue weighted by atomic mass is 35.5. The van der Waals surface area contributed by atoms with E-state index in [1.807, 2.05) is 24.3 Å². The smallest absolute Gasteiger partial charge is 0.223 e. The number of hydrogen-bond acceptors (Lipinski definition) is 6. The second-order valence-corrected chi connectivity index (χ2v) is 6.28. The molecule has 0 amide bonds. The van der Waals surface area contributed by atoms with Crippen LogP contribution in [0.1, 0.15) is 23.4 Å². The van der Waals surface area contributed by atoms with Crippen molar-refractivity contribution in [1.29, 1.82) is 0 Å². The minimum absolute atomic E-state index is 0.164. The van der Waals surface area contributed by atoms with Crippen LogP contribution in [-0.2, 0) is 11.3 Å². The fourth-order valence-electron chi connectivity index (χ4n) is 3.01. The Bertz CT molecular complexity index is 867. The molecule has 0 aliphatic carbocycles. The van der Waals surface area contributed by atoms with Crippen LogP contribution < -0.4 is 0 Å². The molecule has 3 aromatic rings. The van der Waals surface area contributed by atoms with Crippen molar-refractivity contribution in [3.05, 3.63) is 52.8 Å². The quantitative estimate of drug-likeness (QED) is 0.727. The van der Waals surface area contributed by atoms with Gasteiger partial charge in [-0.2, -0.15) is 4.98 Å². The molecule has 7 heteroatoms. The van der Waals surface area contributed by atoms with Crippen LogP contribution in [0, 0.1) is 6.92 Å². The number of pyridine rings is 1. The van der Waals surface area contributed by atoms with Gasteiger partial charge in [-0.25, -0.2) is 0 Å². The van der Waals surface area contributed by atoms with Gasteiger partial charge >= 0.3 is 0 Å². The molecule has 1 atom stereocenters. The van der Waals surface area contributed by atoms with Crippen LogP contribution in [0.4, 0.5) is 0 Å². The fraction of sp³-hybridized carbons (Fsp3) is 0.353. The number of rotatable bonds is 3. The molecular formula is C17H17ClN4O2. The topological polar surface area (TPSA) is 64.3 Å². The highest BCUT2D eigenvalue weighted by molar-refractivity contribution is 6.35. The maximum atomic E-state index is 6.28. The fourth-order valence-corrected chi connectivity index (χ4v) is 3.23. The van der Waals surface area contributed by atoms with Gasteiger partial charge in [0, 0.05) is 43.2 Å². The summed E-state index contributed by atoms with van der Waals surface area (Å²) in [5, 5.41) is 5.68. The average molecular weight is 345 g/mol. The Hall–Kier alpha value is -2.02. The predicted octanol–water partition coefficient (Wildman–Crippen LogP) is 3.15. The molecule has 4 rings (SSSR count). The molecule has 2 aromatic heterocycles. The molecule has 0 N–H and O–H groups in total. The number of aromatic nitrogens is 3. The van der Waals surface area contributed by atoms with Crippen molar-refractivity contribution in [2.24, 2.45) is 0 Å². The minimum atomic E-state index is -0.164. The maximum Gasteiger partial charge on any atom is 0.223 e. The molecule has 1 aromatic carbocycles. The van der Waals surface area contributed by atoms with Gasteiger partial charge in [0.15, 0.2) is 0 Å². The maximum absolute atomic E-state index is 6.28. The van der Waals surface area contributed by atoms with Gasteiger partial charge in [-0.1, -0.05) is 22.8 Å². The van der Waals surface area contributed by atoms with E-state index < -0.39 is 0 Å². The van der Waals surface area contributed by atoms with E-state index in [0.717, 1.165) is 41.1 Å². The second-order valence-electron chi connectivity index (χ2n) is 5.87. The molecule has 124 valence electrons. The summed E-state index contributed by atoms with van der Waals surface area (Å²) in [5.74, 6) is 1.16. The lowest BCUT2D eigenvalue weighted by molar-refractivity contribution is -0.0379. The van der Waals surface area contributed by atoms with E-state index in [2.05, 4.69) is 20.0 Å². The zero-order valence-electron chi connectivity index (χ0n) is 13.3. The number of morpholine rings is 1. The summed E-state index contributed by atoms with van der Waals surface area (Å²) >= 11 is 6.28. The van der Waals surface area contributed by atoms with Crippen LogP contribution in [-0.4, -0.2) is 39.7 Å². The molecule has 0 bridgehead atoms. The minimum Gasteiger partial charge on any atom is -0.367 e. The second kappa shape index (κ2) is 6.47. The Labute approximate surface area is 144 Å². The molecule has 1 saturated heterocycles. The van der Waals surface area contributed by atoms with Gasteiger partial charge in [0.2, 0.25) is 11.7 Å². The van der Waals surface area contributed by atoms with Crippen molar-refractivity contribution < 1.29 is 9.26 Å². The summed E-state index contributed by atoms with van der Waals surface area (Å²) in [6.07, 6.45) is 1.63. The zero-order valence-corrected chi connectivity index (χ0v) is 14.0. The zero-order chi connectivity index (χ0) is 16.5. The number of hydrogen-bond donors (Lipinski definition) is 0. The van der Waals surface area contributed by atoms with Crippen LogP contribution in [0.25, 0.3) is 10.9 Å². The largest absolute Gasteiger partial charge is 0.367 e. The van der Waals surface area contributed by atoms with E-state index >= 15 is 0 Å². The van der Waals surface area contributed by atoms with E-state index in [1.165, 1.54) is 0 Å². The van der Waals surface area contributed by atoms with Gasteiger partial charge in [-0.3, -0.25) is 9.88 Å². The van der Waals surface area contributed by atoms with E-state index in [4.69, 9.17) is 20.9 Å². The molecule has 0 radical (unpaired) electrons. The summed E-state index contributed by atoms with van der Waals surface area (Å²) in [6.45, 7) is 4.77. The number of ether oxygens (including phenoxy) is 1. The highest BCUT2D eigenvalue weighted by Gasteiger charge is 2.26. The lowest BCUT2D eigenvalue weighted by atomic mass is 10.1. The summed E-state index contributed by atoms with van der Waals surface area (Å²) in [4.78, 5) is 11.1. The number of nitrogens with zero attached hydrogens (tertiary/aromatic N) is 4. The first kappa shape index (κ1) is 15.5. The van der Waals surface area contributed by atoms with E-state index in [1.54, 1.807) is 13.1 Å². The Morgan fingerprint density at radius 2 is 2.25 bits per heavy atom. The lowest BCUT2D eigenvalue weighted by Gasteiger charge is -2.31. The van der Waals surface area contributed by atoms with Gasteiger partial charge in [0.05, 0.1) is 12.1 Å². The van der Waals surface area contributed by atoms with Gasteiger partial charge in [-0.05, 0) is 23.8 Å². The first-order valence-electron chi connectivity index (χ1n) is 7.87. The monoisotopic (exact) mass is 344 g/mol. The van der Waals surface area contributed by atoms with Gasteiger partial charge < -0.3 is 9.26 Å². The Balaban J connectivity index is 1.56. The van der Waals surface area contributed by atoms with Gasteiger partial charge in [-0.15, -0.1) is 0 Å². The third kappa shape index (κ3) is 3.00. The van der Waals surface area contributed by atoms with Crippen LogP contribution in [0.3, 0.4) is 0 Å². The number of aryl methyl sites for hydroxylation is 1. The van der Waals surface area contributed by atoms with Crippen LogP contribution in [0.2, 0.25) is 5.02 Å². The third-order valence-corrected chi connectivity index (χ3v) is 4.51. The van der Waals surface area contributed by atoms with Crippen molar-refractivity contribution in [3.63, 3.8) is 0 Å². The van der Waals surface area contributed by atoms with Crippen LogP contribution in [0.5, 0.6) is 0 Å². The Kier molecular flexibility index (Phi) is 4.18. The molecule has 1 aliphatic heterocycles. The summed E-state index contributed by atoms with van der Waals surface area (Å²) < 4.78 is 10.8. The Morgan fingerprint density at radius 3 is 3.08 bits per heavy atom. The molecule has 0 unspecified atom stereocenters. The lowest BCUT2D eigenvalue weighted by Crippen LogP contribution is -2.38. The summed E-state index contributed by atoms with van der Waals surface area (Å²) in [6, 6.07) is 7.88. The summed E-state index contributed by atoms with van der Waals surface area (Å²) in [5.41, 5.74) is 2.10. The highest BCUT2D eigenvalue weighted by Crippen LogP contribution is 2.27. The summed E-state index contributed by atoms with van der Waals surface area (Å²) in [7, 11) is 0. The molecule has 0 saturated carbocycles. The van der Waals surface area contributed by atoms with Crippen LogP contribution in [0.15, 0.2) is 35.0 Å².